The van der Waals surface area contributed by atoms with Crippen molar-refractivity contribution in [3.05, 3.63) is 84.2 Å². The van der Waals surface area contributed by atoms with E-state index in [2.05, 4.69) is 4.98 Å². The van der Waals surface area contributed by atoms with Crippen LogP contribution in [0.1, 0.15) is 15.9 Å². The fourth-order valence-corrected chi connectivity index (χ4v) is 2.09. The van der Waals surface area contributed by atoms with Crippen LogP contribution in [0.5, 0.6) is 0 Å². The summed E-state index contributed by atoms with van der Waals surface area (Å²) in [6.45, 7) is 0. The molecule has 3 rings (SSSR count). The largest absolute Gasteiger partial charge is 0.289 e. The van der Waals surface area contributed by atoms with Crippen LogP contribution in [0, 0.1) is 0 Å². The maximum Gasteiger partial charge on any atom is 0.185 e. The van der Waals surface area contributed by atoms with Crippen LogP contribution in [0.25, 0.3) is 16.8 Å². The van der Waals surface area contributed by atoms with Gasteiger partial charge in [0.1, 0.15) is 0 Å². The van der Waals surface area contributed by atoms with Crippen molar-refractivity contribution in [3.63, 3.8) is 0 Å². The van der Waals surface area contributed by atoms with Crippen molar-refractivity contribution in [1.29, 1.82) is 0 Å². The number of hydrogen-bond acceptors (Lipinski definition) is 2. The van der Waals surface area contributed by atoms with E-state index in [0.717, 1.165) is 16.3 Å². The summed E-state index contributed by atoms with van der Waals surface area (Å²) in [5, 5.41) is 2.22. The molecule has 0 saturated carbocycles. The lowest BCUT2D eigenvalue weighted by Gasteiger charge is -2.00. The first kappa shape index (κ1) is 12.3. The number of carbonyl (C=O) groups is 1. The average Bonchev–Trinajstić information content (AvgIpc) is 2.53. The van der Waals surface area contributed by atoms with Crippen LogP contribution < -0.4 is 0 Å². The van der Waals surface area contributed by atoms with Crippen molar-refractivity contribution in [3.8, 4) is 0 Å². The van der Waals surface area contributed by atoms with Gasteiger partial charge in [0, 0.05) is 18.0 Å². The monoisotopic (exact) mass is 259 g/mol. The molecule has 0 amide bonds. The van der Waals surface area contributed by atoms with Gasteiger partial charge in [-0.2, -0.15) is 0 Å². The van der Waals surface area contributed by atoms with Gasteiger partial charge in [-0.3, -0.25) is 9.78 Å². The third-order valence-corrected chi connectivity index (χ3v) is 3.15. The summed E-state index contributed by atoms with van der Waals surface area (Å²) in [6.07, 6.45) is 6.80. The smallest absolute Gasteiger partial charge is 0.185 e. The lowest BCUT2D eigenvalue weighted by molar-refractivity contribution is 0.104. The van der Waals surface area contributed by atoms with Gasteiger partial charge in [-0.1, -0.05) is 42.5 Å². The first-order valence-corrected chi connectivity index (χ1v) is 6.44. The number of allylic oxidation sites excluding steroid dienone is 1. The summed E-state index contributed by atoms with van der Waals surface area (Å²) in [4.78, 5) is 16.2. The average molecular weight is 259 g/mol. The van der Waals surface area contributed by atoms with E-state index in [-0.39, 0.29) is 5.78 Å². The Balaban J connectivity index is 1.87. The number of aromatic nitrogens is 1. The van der Waals surface area contributed by atoms with Gasteiger partial charge in [-0.05, 0) is 40.6 Å². The van der Waals surface area contributed by atoms with Crippen LogP contribution in [-0.4, -0.2) is 10.8 Å². The molecular formula is C18H13NO. The number of benzene rings is 2. The Hall–Kier alpha value is -2.74. The number of rotatable bonds is 3. The number of fused-ring (bicyclic) bond motifs is 1. The van der Waals surface area contributed by atoms with Crippen molar-refractivity contribution in [2.45, 2.75) is 0 Å². The summed E-state index contributed by atoms with van der Waals surface area (Å²) in [5.74, 6) is -0.000365. The molecule has 96 valence electrons. The second-order valence-electron chi connectivity index (χ2n) is 4.55. The van der Waals surface area contributed by atoms with Crippen LogP contribution in [0.2, 0.25) is 0 Å². The predicted molar refractivity (Wildman–Crippen MR) is 81.5 cm³/mol. The standard InChI is InChI=1S/C18H13NO/c20-18(10-7-14-4-3-11-19-13-14)17-9-8-15-5-1-2-6-16(15)12-17/h1-13H/b10-7+. The first-order valence-electron chi connectivity index (χ1n) is 6.44. The van der Waals surface area contributed by atoms with Gasteiger partial charge in [0.05, 0.1) is 0 Å². The van der Waals surface area contributed by atoms with Crippen molar-refractivity contribution < 1.29 is 4.79 Å². The second kappa shape index (κ2) is 5.49. The number of pyridine rings is 1. The maximum absolute atomic E-state index is 12.2. The maximum atomic E-state index is 12.2. The Morgan fingerprint density at radius 3 is 2.60 bits per heavy atom. The minimum absolute atomic E-state index is 0.000365. The Morgan fingerprint density at radius 1 is 0.950 bits per heavy atom. The molecule has 1 aromatic heterocycles. The first-order chi connectivity index (χ1) is 9.83. The van der Waals surface area contributed by atoms with Crippen molar-refractivity contribution in [1.82, 2.24) is 4.98 Å². The molecule has 0 radical (unpaired) electrons. The molecule has 0 aliphatic carbocycles. The van der Waals surface area contributed by atoms with Gasteiger partial charge in [-0.15, -0.1) is 0 Å². The highest BCUT2D eigenvalue weighted by Crippen LogP contribution is 2.16. The van der Waals surface area contributed by atoms with Gasteiger partial charge in [0.15, 0.2) is 5.78 Å². The quantitative estimate of drug-likeness (QED) is 0.523. The van der Waals surface area contributed by atoms with E-state index in [1.165, 1.54) is 0 Å². The van der Waals surface area contributed by atoms with E-state index in [0.29, 0.717) is 5.56 Å². The molecule has 2 nitrogen and oxygen atoms in total. The van der Waals surface area contributed by atoms with E-state index in [9.17, 15) is 4.79 Å². The second-order valence-corrected chi connectivity index (χ2v) is 4.55. The third kappa shape index (κ3) is 2.64. The van der Waals surface area contributed by atoms with E-state index in [4.69, 9.17) is 0 Å². The fraction of sp³-hybridized carbons (Fsp3) is 0. The number of hydrogen-bond donors (Lipinski definition) is 0. The SMILES string of the molecule is O=C(/C=C/c1cccnc1)c1ccc2ccccc2c1. The molecule has 0 fully saturated rings. The van der Waals surface area contributed by atoms with E-state index >= 15 is 0 Å². The summed E-state index contributed by atoms with van der Waals surface area (Å²) >= 11 is 0. The minimum Gasteiger partial charge on any atom is -0.289 e. The zero-order chi connectivity index (χ0) is 13.8. The molecule has 2 aromatic carbocycles. The molecule has 0 bridgehead atoms. The highest BCUT2D eigenvalue weighted by atomic mass is 16.1. The Kier molecular flexibility index (Phi) is 3.38. The number of carbonyl (C=O) groups excluding carboxylic acids is 1. The molecule has 0 atom stereocenters. The predicted octanol–water partition coefficient (Wildman–Crippen LogP) is 4.13. The van der Waals surface area contributed by atoms with Gasteiger partial charge in [-0.25, -0.2) is 0 Å². The van der Waals surface area contributed by atoms with Crippen molar-refractivity contribution in [2.24, 2.45) is 0 Å². The van der Waals surface area contributed by atoms with Crippen LogP contribution in [0.15, 0.2) is 73.1 Å². The van der Waals surface area contributed by atoms with Crippen LogP contribution in [0.3, 0.4) is 0 Å². The van der Waals surface area contributed by atoms with E-state index in [1.54, 1.807) is 24.5 Å². The van der Waals surface area contributed by atoms with Gasteiger partial charge in [0.2, 0.25) is 0 Å². The molecule has 0 N–H and O–H groups in total. The lowest BCUT2D eigenvalue weighted by atomic mass is 10.0. The molecule has 20 heavy (non-hydrogen) atoms. The van der Waals surface area contributed by atoms with E-state index < -0.39 is 0 Å². The summed E-state index contributed by atoms with van der Waals surface area (Å²) in [6, 6.07) is 17.5. The van der Waals surface area contributed by atoms with Gasteiger partial charge >= 0.3 is 0 Å². The lowest BCUT2D eigenvalue weighted by Crippen LogP contribution is -1.93. The summed E-state index contributed by atoms with van der Waals surface area (Å²) in [5.41, 5.74) is 1.62. The molecule has 3 aromatic rings. The van der Waals surface area contributed by atoms with Gasteiger partial charge < -0.3 is 0 Å². The molecule has 0 aliphatic heterocycles. The molecule has 0 spiro atoms. The minimum atomic E-state index is -0.000365. The normalized spacial score (nSPS) is 11.0. The highest BCUT2D eigenvalue weighted by Gasteiger charge is 2.02. The molecule has 0 unspecified atom stereocenters. The summed E-state index contributed by atoms with van der Waals surface area (Å²) in [7, 11) is 0. The Bertz CT molecular complexity index is 776. The van der Waals surface area contributed by atoms with Gasteiger partial charge in [0.25, 0.3) is 0 Å². The number of nitrogens with zero attached hydrogens (tertiary/aromatic N) is 1. The van der Waals surface area contributed by atoms with Crippen molar-refractivity contribution in [2.75, 3.05) is 0 Å². The molecular weight excluding hydrogens is 246 g/mol. The topological polar surface area (TPSA) is 30.0 Å². The zero-order valence-corrected chi connectivity index (χ0v) is 10.9. The fourth-order valence-electron chi connectivity index (χ4n) is 2.09. The molecule has 0 saturated heterocycles. The molecule has 0 aliphatic rings. The number of ketones is 1. The van der Waals surface area contributed by atoms with Crippen LogP contribution in [0.4, 0.5) is 0 Å². The molecule has 2 heteroatoms. The highest BCUT2D eigenvalue weighted by molar-refractivity contribution is 6.08. The molecule has 1 heterocycles. The van der Waals surface area contributed by atoms with Crippen molar-refractivity contribution >= 4 is 22.6 Å². The zero-order valence-electron chi connectivity index (χ0n) is 10.9. The van der Waals surface area contributed by atoms with Crippen LogP contribution in [-0.2, 0) is 0 Å². The van der Waals surface area contributed by atoms with Crippen LogP contribution >= 0.6 is 0 Å². The Labute approximate surface area is 117 Å². The summed E-state index contributed by atoms with van der Waals surface area (Å²) < 4.78 is 0. The van der Waals surface area contributed by atoms with E-state index in [1.807, 2.05) is 54.6 Å². The third-order valence-electron chi connectivity index (χ3n) is 3.15. The Morgan fingerprint density at radius 2 is 1.80 bits per heavy atom.